The van der Waals surface area contributed by atoms with Gasteiger partial charge in [-0.05, 0) is 32.7 Å². The summed E-state index contributed by atoms with van der Waals surface area (Å²) in [6, 6.07) is 0. The minimum atomic E-state index is -3.12. The quantitative estimate of drug-likeness (QED) is 0.815. The first-order chi connectivity index (χ1) is 7.82. The normalized spacial score (nSPS) is 27.6. The molecule has 1 heterocycles. The Balaban J connectivity index is 2.91. The second-order valence-electron chi connectivity index (χ2n) is 5.73. The number of nitrogens with one attached hydrogen (secondary N) is 1. The van der Waals surface area contributed by atoms with E-state index < -0.39 is 10.0 Å². The summed E-state index contributed by atoms with van der Waals surface area (Å²) in [7, 11) is -1.24. The maximum Gasteiger partial charge on any atom is 0.214 e. The van der Waals surface area contributed by atoms with Crippen LogP contribution in [0.2, 0.25) is 0 Å². The van der Waals surface area contributed by atoms with Gasteiger partial charge in [0, 0.05) is 18.6 Å². The third-order valence-electron chi connectivity index (χ3n) is 3.37. The molecule has 1 aliphatic rings. The highest BCUT2D eigenvalue weighted by molar-refractivity contribution is 7.89. The van der Waals surface area contributed by atoms with Crippen molar-refractivity contribution < 1.29 is 8.42 Å². The molecule has 5 heteroatoms. The molecule has 1 unspecified atom stereocenters. The molecule has 0 aromatic rings. The van der Waals surface area contributed by atoms with Gasteiger partial charge in [0.25, 0.3) is 0 Å². The van der Waals surface area contributed by atoms with E-state index >= 15 is 0 Å². The van der Waals surface area contributed by atoms with Crippen LogP contribution in [-0.2, 0) is 10.0 Å². The Morgan fingerprint density at radius 3 is 2.53 bits per heavy atom. The molecule has 17 heavy (non-hydrogen) atoms. The van der Waals surface area contributed by atoms with E-state index in [0.717, 1.165) is 25.8 Å². The van der Waals surface area contributed by atoms with E-state index in [0.29, 0.717) is 6.54 Å². The van der Waals surface area contributed by atoms with E-state index in [2.05, 4.69) is 12.2 Å². The number of piperidine rings is 1. The predicted octanol–water partition coefficient (Wildman–Crippen LogP) is 1.44. The second kappa shape index (κ2) is 5.67. The van der Waals surface area contributed by atoms with Crippen LogP contribution in [0.15, 0.2) is 0 Å². The molecular weight excluding hydrogens is 236 g/mol. The Hall–Kier alpha value is -0.130. The molecule has 1 atom stereocenters. The van der Waals surface area contributed by atoms with Gasteiger partial charge in [0.2, 0.25) is 10.0 Å². The molecule has 1 aliphatic heterocycles. The summed E-state index contributed by atoms with van der Waals surface area (Å²) in [5.74, 6) is 0.438. The average Bonchev–Trinajstić information content (AvgIpc) is 2.15. The number of sulfonamides is 1. The molecule has 4 nitrogen and oxygen atoms in total. The molecule has 0 aromatic heterocycles. The zero-order chi connectivity index (χ0) is 13.1. The summed E-state index contributed by atoms with van der Waals surface area (Å²) < 4.78 is 26.5. The van der Waals surface area contributed by atoms with Gasteiger partial charge in [0.1, 0.15) is 0 Å². The summed E-state index contributed by atoms with van der Waals surface area (Å²) in [4.78, 5) is 0. The first-order valence-electron chi connectivity index (χ1n) is 6.47. The van der Waals surface area contributed by atoms with E-state index in [-0.39, 0.29) is 17.2 Å². The van der Waals surface area contributed by atoms with Gasteiger partial charge in [-0.15, -0.1) is 0 Å². The minimum absolute atomic E-state index is 0.181. The lowest BCUT2D eigenvalue weighted by atomic mass is 9.91. The van der Waals surface area contributed by atoms with Crippen LogP contribution >= 0.6 is 0 Å². The first-order valence-corrected chi connectivity index (χ1v) is 8.08. The van der Waals surface area contributed by atoms with E-state index in [9.17, 15) is 8.42 Å². The molecule has 0 amide bonds. The van der Waals surface area contributed by atoms with Crippen molar-refractivity contribution in [1.82, 2.24) is 9.62 Å². The lowest BCUT2D eigenvalue weighted by molar-refractivity contribution is 0.149. The van der Waals surface area contributed by atoms with E-state index in [4.69, 9.17) is 0 Å². The van der Waals surface area contributed by atoms with Gasteiger partial charge in [-0.3, -0.25) is 0 Å². The average molecular weight is 262 g/mol. The molecule has 0 aromatic carbocycles. The van der Waals surface area contributed by atoms with E-state index in [1.807, 2.05) is 20.9 Å². The van der Waals surface area contributed by atoms with Gasteiger partial charge in [-0.2, -0.15) is 4.31 Å². The minimum Gasteiger partial charge on any atom is -0.318 e. The smallest absolute Gasteiger partial charge is 0.214 e. The third-order valence-corrected chi connectivity index (χ3v) is 5.75. The van der Waals surface area contributed by atoms with Crippen LogP contribution < -0.4 is 5.32 Å². The Morgan fingerprint density at radius 1 is 1.35 bits per heavy atom. The zero-order valence-electron chi connectivity index (χ0n) is 11.5. The summed E-state index contributed by atoms with van der Waals surface area (Å²) in [6.45, 7) is 7.37. The lowest BCUT2D eigenvalue weighted by Crippen LogP contribution is -2.57. The second-order valence-corrected chi connectivity index (χ2v) is 7.67. The summed E-state index contributed by atoms with van der Waals surface area (Å²) in [5.41, 5.74) is -0.249. The fraction of sp³-hybridized carbons (Fsp3) is 1.00. The topological polar surface area (TPSA) is 49.4 Å². The SMILES string of the molecule is CNCC1(C)CCCCN1S(=O)(=O)CC(C)C. The molecule has 1 saturated heterocycles. The molecule has 0 aliphatic carbocycles. The van der Waals surface area contributed by atoms with Crippen LogP contribution in [0, 0.1) is 5.92 Å². The Morgan fingerprint density at radius 2 is 2.00 bits per heavy atom. The van der Waals surface area contributed by atoms with Crippen LogP contribution in [0.5, 0.6) is 0 Å². The largest absolute Gasteiger partial charge is 0.318 e. The van der Waals surface area contributed by atoms with Crippen molar-refractivity contribution in [2.45, 2.75) is 45.6 Å². The molecule has 0 radical (unpaired) electrons. The maximum atomic E-state index is 12.4. The highest BCUT2D eigenvalue weighted by atomic mass is 32.2. The van der Waals surface area contributed by atoms with Crippen molar-refractivity contribution in [1.29, 1.82) is 0 Å². The molecule has 1 N–H and O–H groups in total. The molecule has 0 saturated carbocycles. The summed E-state index contributed by atoms with van der Waals surface area (Å²) in [6.07, 6.45) is 3.05. The molecule has 1 fully saturated rings. The fourth-order valence-electron chi connectivity index (χ4n) is 2.70. The van der Waals surface area contributed by atoms with Crippen molar-refractivity contribution in [3.63, 3.8) is 0 Å². The molecule has 0 bridgehead atoms. The standard InChI is InChI=1S/C12H26N2O2S/c1-11(2)9-17(15,16)14-8-6-5-7-12(14,3)10-13-4/h11,13H,5-10H2,1-4H3. The predicted molar refractivity (Wildman–Crippen MR) is 71.5 cm³/mol. The zero-order valence-corrected chi connectivity index (χ0v) is 12.3. The van der Waals surface area contributed by atoms with Gasteiger partial charge in [0.15, 0.2) is 0 Å². The van der Waals surface area contributed by atoms with Crippen molar-refractivity contribution in [3.8, 4) is 0 Å². The summed E-state index contributed by atoms with van der Waals surface area (Å²) in [5, 5.41) is 3.13. The highest BCUT2D eigenvalue weighted by Crippen LogP contribution is 2.30. The van der Waals surface area contributed by atoms with Gasteiger partial charge in [-0.25, -0.2) is 8.42 Å². The van der Waals surface area contributed by atoms with Crippen LogP contribution in [0.1, 0.15) is 40.0 Å². The Bertz CT molecular complexity index is 336. The molecule has 0 spiro atoms. The van der Waals surface area contributed by atoms with Gasteiger partial charge >= 0.3 is 0 Å². The van der Waals surface area contributed by atoms with Crippen molar-refractivity contribution in [2.75, 3.05) is 25.9 Å². The van der Waals surface area contributed by atoms with Crippen LogP contribution in [-0.4, -0.2) is 44.2 Å². The molecule has 1 rings (SSSR count). The van der Waals surface area contributed by atoms with E-state index in [1.165, 1.54) is 0 Å². The summed E-state index contributed by atoms with van der Waals surface area (Å²) >= 11 is 0. The van der Waals surface area contributed by atoms with Crippen molar-refractivity contribution >= 4 is 10.0 Å². The first kappa shape index (κ1) is 14.9. The van der Waals surface area contributed by atoms with Crippen LogP contribution in [0.3, 0.4) is 0 Å². The number of rotatable bonds is 5. The lowest BCUT2D eigenvalue weighted by Gasteiger charge is -2.44. The monoisotopic (exact) mass is 262 g/mol. The van der Waals surface area contributed by atoms with Gasteiger partial charge in [-0.1, -0.05) is 20.3 Å². The van der Waals surface area contributed by atoms with Gasteiger partial charge in [0.05, 0.1) is 5.75 Å². The Kier molecular flexibility index (Phi) is 4.98. The van der Waals surface area contributed by atoms with Gasteiger partial charge < -0.3 is 5.32 Å². The third kappa shape index (κ3) is 3.66. The maximum absolute atomic E-state index is 12.4. The van der Waals surface area contributed by atoms with E-state index in [1.54, 1.807) is 4.31 Å². The highest BCUT2D eigenvalue weighted by Gasteiger charge is 2.40. The van der Waals surface area contributed by atoms with Crippen LogP contribution in [0.25, 0.3) is 0 Å². The molecule has 102 valence electrons. The van der Waals surface area contributed by atoms with Crippen LogP contribution in [0.4, 0.5) is 0 Å². The number of hydrogen-bond acceptors (Lipinski definition) is 3. The number of nitrogens with zero attached hydrogens (tertiary/aromatic N) is 1. The van der Waals surface area contributed by atoms with Crippen molar-refractivity contribution in [3.05, 3.63) is 0 Å². The fourth-order valence-corrected chi connectivity index (χ4v) is 4.96. The molecular formula is C12H26N2O2S. The number of hydrogen-bond donors (Lipinski definition) is 1. The Labute approximate surface area is 106 Å². The van der Waals surface area contributed by atoms with Crippen molar-refractivity contribution in [2.24, 2.45) is 5.92 Å². The number of likely N-dealkylation sites (N-methyl/N-ethyl adjacent to an activating group) is 1.